The summed E-state index contributed by atoms with van der Waals surface area (Å²) < 4.78 is 5.36. The van der Waals surface area contributed by atoms with Gasteiger partial charge in [0.2, 0.25) is 0 Å². The molecule has 0 saturated carbocycles. The van der Waals surface area contributed by atoms with E-state index >= 15 is 0 Å². The van der Waals surface area contributed by atoms with Crippen molar-refractivity contribution in [2.45, 2.75) is 33.4 Å². The van der Waals surface area contributed by atoms with E-state index in [2.05, 4.69) is 5.32 Å². The first-order valence-corrected chi connectivity index (χ1v) is 9.02. The molecule has 0 fully saturated rings. The molecular weight excluding hydrogens is 373 g/mol. The van der Waals surface area contributed by atoms with Crippen LogP contribution in [0.5, 0.6) is 0 Å². The van der Waals surface area contributed by atoms with Crippen LogP contribution in [0.1, 0.15) is 35.3 Å². The van der Waals surface area contributed by atoms with Crippen molar-refractivity contribution in [2.24, 2.45) is 5.92 Å². The zero-order valence-corrected chi connectivity index (χ0v) is 16.4. The standard InChI is InChI=1S/C20H21Cl2NO3/c1-12(2)18(23-19(24)15-7-5-4-6-13(15)3)20(25)26-11-14-8-9-16(21)17(22)10-14/h4-10,12,18H,11H2,1-3H3,(H,23,24)/t18-/m0/s1. The van der Waals surface area contributed by atoms with Crippen molar-refractivity contribution < 1.29 is 14.3 Å². The number of rotatable bonds is 6. The van der Waals surface area contributed by atoms with Crippen LogP contribution in [0.2, 0.25) is 10.0 Å². The lowest BCUT2D eigenvalue weighted by Crippen LogP contribution is -2.45. The lowest BCUT2D eigenvalue weighted by Gasteiger charge is -2.21. The molecule has 1 amide bonds. The number of hydrogen-bond acceptors (Lipinski definition) is 3. The maximum Gasteiger partial charge on any atom is 0.329 e. The van der Waals surface area contributed by atoms with Crippen LogP contribution in [0.15, 0.2) is 42.5 Å². The number of carbonyl (C=O) groups is 2. The molecule has 26 heavy (non-hydrogen) atoms. The van der Waals surface area contributed by atoms with Gasteiger partial charge in [0.25, 0.3) is 5.91 Å². The van der Waals surface area contributed by atoms with E-state index in [-0.39, 0.29) is 18.4 Å². The molecule has 0 aliphatic carbocycles. The van der Waals surface area contributed by atoms with E-state index in [1.807, 2.05) is 32.9 Å². The molecule has 1 atom stereocenters. The third-order valence-corrected chi connectivity index (χ3v) is 4.70. The second kappa shape index (κ2) is 9.06. The number of esters is 1. The molecular formula is C20H21Cl2NO3. The Morgan fingerprint density at radius 1 is 1.08 bits per heavy atom. The van der Waals surface area contributed by atoms with Crippen molar-refractivity contribution >= 4 is 35.1 Å². The van der Waals surface area contributed by atoms with Gasteiger partial charge in [-0.3, -0.25) is 4.79 Å². The molecule has 0 aliphatic heterocycles. The largest absolute Gasteiger partial charge is 0.459 e. The fourth-order valence-electron chi connectivity index (χ4n) is 2.42. The van der Waals surface area contributed by atoms with Crippen molar-refractivity contribution in [3.8, 4) is 0 Å². The summed E-state index contributed by atoms with van der Waals surface area (Å²) in [6.07, 6.45) is 0. The van der Waals surface area contributed by atoms with Gasteiger partial charge in [0, 0.05) is 5.56 Å². The van der Waals surface area contributed by atoms with E-state index in [4.69, 9.17) is 27.9 Å². The molecule has 6 heteroatoms. The second-order valence-corrected chi connectivity index (χ2v) is 7.18. The van der Waals surface area contributed by atoms with Gasteiger partial charge >= 0.3 is 5.97 Å². The summed E-state index contributed by atoms with van der Waals surface area (Å²) in [4.78, 5) is 25.0. The minimum atomic E-state index is -0.745. The number of halogens is 2. The second-order valence-electron chi connectivity index (χ2n) is 6.37. The minimum Gasteiger partial charge on any atom is -0.459 e. The van der Waals surface area contributed by atoms with Crippen LogP contribution >= 0.6 is 23.2 Å². The molecule has 2 aromatic rings. The van der Waals surface area contributed by atoms with Gasteiger partial charge in [0.05, 0.1) is 10.0 Å². The highest BCUT2D eigenvalue weighted by Gasteiger charge is 2.26. The summed E-state index contributed by atoms with van der Waals surface area (Å²) in [6.45, 7) is 5.60. The average molecular weight is 394 g/mol. The monoisotopic (exact) mass is 393 g/mol. The van der Waals surface area contributed by atoms with Crippen LogP contribution in [0, 0.1) is 12.8 Å². The zero-order valence-electron chi connectivity index (χ0n) is 14.9. The Labute approximate surface area is 163 Å². The summed E-state index contributed by atoms with van der Waals surface area (Å²) in [5.41, 5.74) is 2.10. The highest BCUT2D eigenvalue weighted by atomic mass is 35.5. The van der Waals surface area contributed by atoms with E-state index in [9.17, 15) is 9.59 Å². The van der Waals surface area contributed by atoms with Gasteiger partial charge in [-0.05, 0) is 42.2 Å². The molecule has 0 spiro atoms. The van der Waals surface area contributed by atoms with E-state index in [1.165, 1.54) is 0 Å². The predicted molar refractivity (Wildman–Crippen MR) is 104 cm³/mol. The van der Waals surface area contributed by atoms with Crippen LogP contribution in [-0.4, -0.2) is 17.9 Å². The Hall–Kier alpha value is -2.04. The zero-order chi connectivity index (χ0) is 19.3. The molecule has 0 heterocycles. The molecule has 0 unspecified atom stereocenters. The Kier molecular flexibility index (Phi) is 7.06. The van der Waals surface area contributed by atoms with Crippen LogP contribution in [0.4, 0.5) is 0 Å². The Morgan fingerprint density at radius 3 is 2.38 bits per heavy atom. The normalized spacial score (nSPS) is 11.9. The highest BCUT2D eigenvalue weighted by molar-refractivity contribution is 6.42. The van der Waals surface area contributed by atoms with Crippen LogP contribution in [0.25, 0.3) is 0 Å². The van der Waals surface area contributed by atoms with Crippen LogP contribution in [-0.2, 0) is 16.1 Å². The van der Waals surface area contributed by atoms with Crippen LogP contribution in [0.3, 0.4) is 0 Å². The van der Waals surface area contributed by atoms with Gasteiger partial charge in [-0.2, -0.15) is 0 Å². The average Bonchev–Trinajstić information content (AvgIpc) is 2.60. The number of amides is 1. The van der Waals surface area contributed by atoms with E-state index in [0.29, 0.717) is 15.6 Å². The maximum absolute atomic E-state index is 12.5. The molecule has 0 aromatic heterocycles. The quantitative estimate of drug-likeness (QED) is 0.716. The third-order valence-electron chi connectivity index (χ3n) is 3.96. The molecule has 1 N–H and O–H groups in total. The van der Waals surface area contributed by atoms with Crippen molar-refractivity contribution in [3.63, 3.8) is 0 Å². The van der Waals surface area contributed by atoms with E-state index < -0.39 is 12.0 Å². The minimum absolute atomic E-state index is 0.0547. The van der Waals surface area contributed by atoms with Gasteiger partial charge in [0.1, 0.15) is 12.6 Å². The topological polar surface area (TPSA) is 55.4 Å². The van der Waals surface area contributed by atoms with Gasteiger partial charge in [-0.15, -0.1) is 0 Å². The van der Waals surface area contributed by atoms with Crippen molar-refractivity contribution in [1.29, 1.82) is 0 Å². The van der Waals surface area contributed by atoms with Gasteiger partial charge in [-0.25, -0.2) is 4.79 Å². The smallest absolute Gasteiger partial charge is 0.329 e. The van der Waals surface area contributed by atoms with Gasteiger partial charge in [-0.1, -0.05) is 61.3 Å². The first kappa shape index (κ1) is 20.3. The number of aryl methyl sites for hydroxylation is 1. The summed E-state index contributed by atoms with van der Waals surface area (Å²) in [6, 6.07) is 11.5. The molecule has 138 valence electrons. The first-order valence-electron chi connectivity index (χ1n) is 8.26. The van der Waals surface area contributed by atoms with Gasteiger partial charge < -0.3 is 10.1 Å². The number of benzene rings is 2. The lowest BCUT2D eigenvalue weighted by atomic mass is 10.0. The van der Waals surface area contributed by atoms with E-state index in [1.54, 1.807) is 30.3 Å². The first-order chi connectivity index (χ1) is 12.3. The van der Waals surface area contributed by atoms with Crippen molar-refractivity contribution in [1.82, 2.24) is 5.32 Å². The number of ether oxygens (including phenoxy) is 1. The van der Waals surface area contributed by atoms with Gasteiger partial charge in [0.15, 0.2) is 0 Å². The van der Waals surface area contributed by atoms with Crippen molar-refractivity contribution in [2.75, 3.05) is 0 Å². The SMILES string of the molecule is Cc1ccccc1C(=O)N[C@H](C(=O)OCc1ccc(Cl)c(Cl)c1)C(C)C. The fourth-order valence-corrected chi connectivity index (χ4v) is 2.74. The molecule has 0 saturated heterocycles. The summed E-state index contributed by atoms with van der Waals surface area (Å²) in [5, 5.41) is 3.60. The Morgan fingerprint density at radius 2 is 1.77 bits per heavy atom. The molecule has 2 rings (SSSR count). The maximum atomic E-state index is 12.5. The summed E-state index contributed by atoms with van der Waals surface area (Å²) in [7, 11) is 0. The molecule has 0 radical (unpaired) electrons. The molecule has 0 bridgehead atoms. The summed E-state index contributed by atoms with van der Waals surface area (Å²) in [5.74, 6) is -0.912. The fraction of sp³-hybridized carbons (Fsp3) is 0.300. The highest BCUT2D eigenvalue weighted by Crippen LogP contribution is 2.23. The Balaban J connectivity index is 2.04. The number of carbonyl (C=O) groups excluding carboxylic acids is 2. The number of nitrogens with one attached hydrogen (secondary N) is 1. The van der Waals surface area contributed by atoms with E-state index in [0.717, 1.165) is 11.1 Å². The van der Waals surface area contributed by atoms with Crippen LogP contribution < -0.4 is 5.32 Å². The lowest BCUT2D eigenvalue weighted by molar-refractivity contribution is -0.148. The third kappa shape index (κ3) is 5.23. The number of hydrogen-bond donors (Lipinski definition) is 1. The summed E-state index contributed by atoms with van der Waals surface area (Å²) >= 11 is 11.8. The predicted octanol–water partition coefficient (Wildman–Crippen LogP) is 4.80. The van der Waals surface area contributed by atoms with Crippen molar-refractivity contribution in [3.05, 3.63) is 69.2 Å². The molecule has 2 aromatic carbocycles. The molecule has 4 nitrogen and oxygen atoms in total. The molecule has 0 aliphatic rings. The Bertz CT molecular complexity index is 805.